The number of hydrogen-bond donors (Lipinski definition) is 0. The van der Waals surface area contributed by atoms with Crippen molar-refractivity contribution >= 4 is 55.2 Å². The van der Waals surface area contributed by atoms with Crippen LogP contribution in [0.25, 0.3) is 66.1 Å². The predicted octanol–water partition coefficient (Wildman–Crippen LogP) is 13.2. The first-order chi connectivity index (χ1) is 28.2. The van der Waals surface area contributed by atoms with E-state index in [9.17, 15) is 0 Å². The highest BCUT2D eigenvalue weighted by molar-refractivity contribution is 6.15. The number of fused-ring (bicyclic) bond motifs is 6. The molecule has 0 N–H and O–H groups in total. The Morgan fingerprint density at radius 3 is 1.49 bits per heavy atom. The van der Waals surface area contributed by atoms with Crippen molar-refractivity contribution in [2.24, 2.45) is 15.9 Å². The normalized spacial score (nSPS) is 15.7. The summed E-state index contributed by atoms with van der Waals surface area (Å²) in [7, 11) is 0. The quantitative estimate of drug-likeness (QED) is 0.163. The van der Waals surface area contributed by atoms with Crippen LogP contribution in [0.5, 0.6) is 0 Å². The molecule has 2 atom stereocenters. The third-order valence-electron chi connectivity index (χ3n) is 11.7. The number of nitrogens with zero attached hydrogens (tertiary/aromatic N) is 4. The van der Waals surface area contributed by atoms with Crippen LogP contribution in [0.15, 0.2) is 210 Å². The van der Waals surface area contributed by atoms with Gasteiger partial charge in [-0.05, 0) is 82.9 Å². The minimum absolute atomic E-state index is 0.0786. The summed E-state index contributed by atoms with van der Waals surface area (Å²) in [4.78, 5) is 10.5. The SMILES string of the molecule is CC1C(c2ccccc2)=NC(c2ccccc2)=NC1c1cccc(-n2c3ccccc3c3cc(-c4ccc5c(c4)c4ccccc4n5-c4ccccc4)ccc32)c1. The standard InChI is InChI=1S/C53H38N4/c1-35-51(36-16-5-2-6-17-36)54-53(37-18-7-3-8-19-37)55-52(35)40-20-15-23-42(32-40)57-48-27-14-12-25-44(48)46-34-39(29-31-50(46)57)38-28-30-49-45(33-38)43-24-11-13-26-47(43)56(49)41-21-9-4-10-22-41/h2-35,52H,1H3. The molecule has 270 valence electrons. The van der Waals surface area contributed by atoms with E-state index < -0.39 is 0 Å². The van der Waals surface area contributed by atoms with Crippen molar-refractivity contribution < 1.29 is 0 Å². The van der Waals surface area contributed by atoms with Crippen LogP contribution >= 0.6 is 0 Å². The van der Waals surface area contributed by atoms with E-state index >= 15 is 0 Å². The molecule has 0 spiro atoms. The summed E-state index contributed by atoms with van der Waals surface area (Å²) in [6.45, 7) is 2.26. The Hall–Kier alpha value is -7.30. The number of aromatic nitrogens is 2. The molecule has 1 aliphatic heterocycles. The fourth-order valence-corrected chi connectivity index (χ4v) is 8.95. The molecule has 0 radical (unpaired) electrons. The molecule has 0 saturated carbocycles. The van der Waals surface area contributed by atoms with Gasteiger partial charge in [0, 0.05) is 44.4 Å². The monoisotopic (exact) mass is 730 g/mol. The van der Waals surface area contributed by atoms with Gasteiger partial charge in [-0.3, -0.25) is 4.99 Å². The lowest BCUT2D eigenvalue weighted by molar-refractivity contribution is 0.592. The van der Waals surface area contributed by atoms with Crippen molar-refractivity contribution in [2.75, 3.05) is 0 Å². The first kappa shape index (κ1) is 33.1. The molecule has 1 aliphatic rings. The molecule has 0 aliphatic carbocycles. The smallest absolute Gasteiger partial charge is 0.155 e. The Morgan fingerprint density at radius 1 is 0.386 bits per heavy atom. The van der Waals surface area contributed by atoms with Gasteiger partial charge < -0.3 is 9.13 Å². The molecule has 3 heterocycles. The molecule has 4 nitrogen and oxygen atoms in total. The molecule has 2 unspecified atom stereocenters. The number of rotatable bonds is 6. The van der Waals surface area contributed by atoms with Gasteiger partial charge in [0.1, 0.15) is 0 Å². The lowest BCUT2D eigenvalue weighted by Gasteiger charge is -2.28. The molecule has 0 amide bonds. The number of hydrogen-bond acceptors (Lipinski definition) is 2. The van der Waals surface area contributed by atoms with E-state index in [1.165, 1.54) is 66.0 Å². The fraction of sp³-hybridized carbons (Fsp3) is 0.0566. The van der Waals surface area contributed by atoms with Crippen LogP contribution in [0.3, 0.4) is 0 Å². The van der Waals surface area contributed by atoms with E-state index in [0.29, 0.717) is 0 Å². The highest BCUT2D eigenvalue weighted by atomic mass is 15.0. The Bertz CT molecular complexity index is 3190. The second-order valence-electron chi connectivity index (χ2n) is 15.0. The maximum absolute atomic E-state index is 5.35. The van der Waals surface area contributed by atoms with E-state index in [1.807, 2.05) is 6.07 Å². The molecular weight excluding hydrogens is 693 g/mol. The molecular formula is C53H38N4. The zero-order valence-corrected chi connectivity index (χ0v) is 31.5. The van der Waals surface area contributed by atoms with E-state index in [2.05, 4.69) is 210 Å². The lowest BCUT2D eigenvalue weighted by Crippen LogP contribution is -2.26. The van der Waals surface area contributed by atoms with Crippen molar-refractivity contribution in [3.8, 4) is 22.5 Å². The summed E-state index contributed by atoms with van der Waals surface area (Å²) < 4.78 is 4.78. The maximum Gasteiger partial charge on any atom is 0.155 e. The average molecular weight is 731 g/mol. The Labute approximate surface area is 331 Å². The zero-order valence-electron chi connectivity index (χ0n) is 31.5. The van der Waals surface area contributed by atoms with Gasteiger partial charge in [0.05, 0.1) is 33.8 Å². The molecule has 8 aromatic carbocycles. The van der Waals surface area contributed by atoms with Crippen molar-refractivity contribution in [3.63, 3.8) is 0 Å². The van der Waals surface area contributed by atoms with Crippen LogP contribution in [-0.2, 0) is 0 Å². The summed E-state index contributed by atoms with van der Waals surface area (Å²) in [5.41, 5.74) is 13.9. The van der Waals surface area contributed by atoms with Gasteiger partial charge in [-0.15, -0.1) is 0 Å². The fourth-order valence-electron chi connectivity index (χ4n) is 8.95. The second kappa shape index (κ2) is 13.5. The van der Waals surface area contributed by atoms with Gasteiger partial charge in [-0.1, -0.05) is 146 Å². The van der Waals surface area contributed by atoms with E-state index in [1.54, 1.807) is 0 Å². The summed E-state index contributed by atoms with van der Waals surface area (Å²) in [6.07, 6.45) is 0. The van der Waals surface area contributed by atoms with Gasteiger partial charge >= 0.3 is 0 Å². The van der Waals surface area contributed by atoms with Crippen LogP contribution in [0.1, 0.15) is 29.7 Å². The van der Waals surface area contributed by atoms with Gasteiger partial charge in [-0.25, -0.2) is 4.99 Å². The predicted molar refractivity (Wildman–Crippen MR) is 238 cm³/mol. The summed E-state index contributed by atoms with van der Waals surface area (Å²) in [6, 6.07) is 71.8. The molecule has 0 fully saturated rings. The largest absolute Gasteiger partial charge is 0.309 e. The van der Waals surface area contributed by atoms with Crippen LogP contribution in [0.4, 0.5) is 0 Å². The van der Waals surface area contributed by atoms with Gasteiger partial charge in [-0.2, -0.15) is 0 Å². The van der Waals surface area contributed by atoms with Gasteiger partial charge in [0.15, 0.2) is 5.84 Å². The van der Waals surface area contributed by atoms with Crippen molar-refractivity contribution in [2.45, 2.75) is 13.0 Å². The minimum atomic E-state index is -0.102. The van der Waals surface area contributed by atoms with E-state index in [-0.39, 0.29) is 12.0 Å². The summed E-state index contributed by atoms with van der Waals surface area (Å²) in [5.74, 6) is 0.852. The van der Waals surface area contributed by atoms with Crippen LogP contribution in [-0.4, -0.2) is 20.7 Å². The topological polar surface area (TPSA) is 34.6 Å². The Kier molecular flexibility index (Phi) is 7.82. The van der Waals surface area contributed by atoms with Crippen molar-refractivity contribution in [1.29, 1.82) is 0 Å². The van der Waals surface area contributed by atoms with E-state index in [4.69, 9.17) is 9.98 Å². The Balaban J connectivity index is 1.03. The zero-order chi connectivity index (χ0) is 37.9. The number of benzene rings is 8. The highest BCUT2D eigenvalue weighted by Gasteiger charge is 2.30. The lowest BCUT2D eigenvalue weighted by atomic mass is 9.86. The summed E-state index contributed by atoms with van der Waals surface area (Å²) in [5, 5.41) is 4.97. The second-order valence-corrected chi connectivity index (χ2v) is 15.0. The number of aliphatic imine (C=N–C) groups is 2. The van der Waals surface area contributed by atoms with Crippen LogP contribution < -0.4 is 0 Å². The molecule has 11 rings (SSSR count). The maximum atomic E-state index is 5.35. The van der Waals surface area contributed by atoms with Crippen LogP contribution in [0, 0.1) is 5.92 Å². The van der Waals surface area contributed by atoms with Gasteiger partial charge in [0.25, 0.3) is 0 Å². The third kappa shape index (κ3) is 5.52. The van der Waals surface area contributed by atoms with Crippen LogP contribution in [0.2, 0.25) is 0 Å². The minimum Gasteiger partial charge on any atom is -0.309 e. The van der Waals surface area contributed by atoms with E-state index in [0.717, 1.165) is 28.4 Å². The number of para-hydroxylation sites is 3. The molecule has 0 saturated heterocycles. The Morgan fingerprint density at radius 2 is 0.877 bits per heavy atom. The first-order valence-corrected chi connectivity index (χ1v) is 19.7. The molecule has 0 bridgehead atoms. The van der Waals surface area contributed by atoms with Crippen molar-refractivity contribution in [3.05, 3.63) is 217 Å². The molecule has 10 aromatic rings. The highest BCUT2D eigenvalue weighted by Crippen LogP contribution is 2.40. The van der Waals surface area contributed by atoms with Crippen molar-refractivity contribution in [1.82, 2.24) is 9.13 Å². The third-order valence-corrected chi connectivity index (χ3v) is 11.7. The molecule has 57 heavy (non-hydrogen) atoms. The first-order valence-electron chi connectivity index (χ1n) is 19.7. The molecule has 4 heteroatoms. The molecule has 2 aromatic heterocycles. The summed E-state index contributed by atoms with van der Waals surface area (Å²) >= 11 is 0. The average Bonchev–Trinajstić information content (AvgIpc) is 3.79. The van der Waals surface area contributed by atoms with Gasteiger partial charge in [0.2, 0.25) is 0 Å². The number of amidine groups is 1.